The monoisotopic (exact) mass is 270 g/mol. The van der Waals surface area contributed by atoms with Crippen LogP contribution in [0.25, 0.3) is 0 Å². The van der Waals surface area contributed by atoms with Gasteiger partial charge in [-0.05, 0) is 13.0 Å². The lowest BCUT2D eigenvalue weighted by atomic mass is 10.1. The maximum atomic E-state index is 10.8. The molecule has 1 atom stereocenters. The van der Waals surface area contributed by atoms with Gasteiger partial charge in [0, 0.05) is 6.07 Å². The maximum Gasteiger partial charge on any atom is 0.344 e. The first-order valence-corrected chi connectivity index (χ1v) is 4.88. The molecule has 0 saturated heterocycles. The van der Waals surface area contributed by atoms with E-state index in [0.29, 0.717) is 0 Å². The molecule has 0 radical (unpaired) electrons. The Labute approximate surface area is 106 Å². The minimum atomic E-state index is -1.94. The van der Waals surface area contributed by atoms with Crippen LogP contribution in [-0.2, 0) is 4.79 Å². The van der Waals surface area contributed by atoms with Gasteiger partial charge in [0.05, 0.1) is 15.9 Å². The Kier molecular flexibility index (Phi) is 3.66. The topological polar surface area (TPSA) is 162 Å². The molecule has 0 heterocycles. The quantitative estimate of drug-likeness (QED) is 0.399. The third-order valence-corrected chi connectivity index (χ3v) is 2.23. The molecule has 0 aliphatic carbocycles. The maximum absolute atomic E-state index is 10.8. The minimum Gasteiger partial charge on any atom is -0.479 e. The normalized spacial score (nSPS) is 13.4. The van der Waals surface area contributed by atoms with Crippen molar-refractivity contribution in [2.75, 3.05) is 5.32 Å². The largest absolute Gasteiger partial charge is 0.479 e. The van der Waals surface area contributed by atoms with E-state index >= 15 is 0 Å². The molecule has 0 aromatic heterocycles. The smallest absolute Gasteiger partial charge is 0.344 e. The number of aliphatic carboxylic acids is 1. The average Bonchev–Trinajstić information content (AvgIpc) is 2.28. The number of rotatable bonds is 5. The van der Waals surface area contributed by atoms with Gasteiger partial charge in [0.2, 0.25) is 0 Å². The van der Waals surface area contributed by atoms with Crippen molar-refractivity contribution in [2.45, 2.75) is 12.6 Å². The molecule has 0 fully saturated rings. The highest BCUT2D eigenvalue weighted by Crippen LogP contribution is 2.30. The summed E-state index contributed by atoms with van der Waals surface area (Å²) in [5.41, 5.74) is 2.12. The Morgan fingerprint density at radius 3 is 2.37 bits per heavy atom. The molecule has 1 aromatic carbocycles. The predicted molar refractivity (Wildman–Crippen MR) is 63.6 cm³/mol. The van der Waals surface area contributed by atoms with Crippen molar-refractivity contribution in [3.05, 3.63) is 38.4 Å². The molecular formula is C9H10N4O6. The zero-order valence-corrected chi connectivity index (χ0v) is 9.69. The molecule has 4 N–H and O–H groups in total. The number of hydrogen-bond donors (Lipinski definition) is 3. The van der Waals surface area contributed by atoms with E-state index < -0.39 is 32.9 Å². The molecule has 1 rings (SSSR count). The standard InChI is InChI=1S/C9H10N4O6/c1-9(10,8(14)15)11-6-3-2-5(12(16)17)4-7(6)13(18)19/h2-4,11H,10H2,1H3,(H,14,15). The predicted octanol–water partition coefficient (Wildman–Crippen LogP) is 0.674. The van der Waals surface area contributed by atoms with Crippen LogP contribution in [0.5, 0.6) is 0 Å². The summed E-state index contributed by atoms with van der Waals surface area (Å²) < 4.78 is 0. The van der Waals surface area contributed by atoms with Crippen molar-refractivity contribution >= 4 is 23.0 Å². The first-order valence-electron chi connectivity index (χ1n) is 4.88. The first-order chi connectivity index (χ1) is 8.65. The van der Waals surface area contributed by atoms with E-state index in [4.69, 9.17) is 10.8 Å². The van der Waals surface area contributed by atoms with Crippen molar-refractivity contribution in [1.29, 1.82) is 0 Å². The lowest BCUT2D eigenvalue weighted by molar-refractivity contribution is -0.393. The second kappa shape index (κ2) is 4.86. The summed E-state index contributed by atoms with van der Waals surface area (Å²) in [6.45, 7) is 1.10. The van der Waals surface area contributed by atoms with Crippen LogP contribution in [-0.4, -0.2) is 26.6 Å². The van der Waals surface area contributed by atoms with Crippen LogP contribution >= 0.6 is 0 Å². The van der Waals surface area contributed by atoms with Crippen LogP contribution in [0.15, 0.2) is 18.2 Å². The molecule has 19 heavy (non-hydrogen) atoms. The molecule has 1 aromatic rings. The second-order valence-electron chi connectivity index (χ2n) is 3.85. The molecule has 102 valence electrons. The van der Waals surface area contributed by atoms with Crippen LogP contribution in [0.1, 0.15) is 6.92 Å². The van der Waals surface area contributed by atoms with Gasteiger partial charge in [-0.2, -0.15) is 0 Å². The van der Waals surface area contributed by atoms with E-state index in [-0.39, 0.29) is 5.69 Å². The Morgan fingerprint density at radius 1 is 1.37 bits per heavy atom. The molecule has 0 aliphatic rings. The number of carbonyl (C=O) groups is 1. The number of nitrogens with zero attached hydrogens (tertiary/aromatic N) is 2. The number of carboxylic acids is 1. The van der Waals surface area contributed by atoms with Gasteiger partial charge in [-0.3, -0.25) is 26.0 Å². The van der Waals surface area contributed by atoms with E-state index in [1.807, 2.05) is 0 Å². The fraction of sp³-hybridized carbons (Fsp3) is 0.222. The van der Waals surface area contributed by atoms with Gasteiger partial charge >= 0.3 is 5.97 Å². The molecule has 0 spiro atoms. The van der Waals surface area contributed by atoms with Crippen molar-refractivity contribution < 1.29 is 19.7 Å². The second-order valence-corrected chi connectivity index (χ2v) is 3.85. The number of nitro groups is 2. The van der Waals surface area contributed by atoms with Gasteiger partial charge in [0.15, 0.2) is 5.66 Å². The summed E-state index contributed by atoms with van der Waals surface area (Å²) in [5, 5.41) is 32.4. The van der Waals surface area contributed by atoms with Gasteiger partial charge in [0.25, 0.3) is 11.4 Å². The molecule has 0 bridgehead atoms. The number of benzene rings is 1. The van der Waals surface area contributed by atoms with Gasteiger partial charge in [-0.15, -0.1) is 0 Å². The highest BCUT2D eigenvalue weighted by molar-refractivity contribution is 5.83. The average molecular weight is 270 g/mol. The van der Waals surface area contributed by atoms with Crippen molar-refractivity contribution in [3.8, 4) is 0 Å². The summed E-state index contributed by atoms with van der Waals surface area (Å²) in [4.78, 5) is 30.5. The van der Waals surface area contributed by atoms with Crippen LogP contribution < -0.4 is 11.1 Å². The third kappa shape index (κ3) is 3.13. The lowest BCUT2D eigenvalue weighted by Crippen LogP contribution is -2.52. The number of carboxylic acid groups (broad SMARTS) is 1. The summed E-state index contributed by atoms with van der Waals surface area (Å²) in [7, 11) is 0. The number of nitrogens with one attached hydrogen (secondary N) is 1. The number of nitrogens with two attached hydrogens (primary N) is 1. The Balaban J connectivity index is 3.25. The van der Waals surface area contributed by atoms with Crippen molar-refractivity contribution in [2.24, 2.45) is 5.73 Å². The molecule has 0 amide bonds. The molecule has 10 nitrogen and oxygen atoms in total. The SMILES string of the molecule is CC(N)(Nc1ccc([N+](=O)[O-])cc1[N+](=O)[O-])C(=O)O. The van der Waals surface area contributed by atoms with Crippen LogP contribution in [0.2, 0.25) is 0 Å². The number of anilines is 1. The van der Waals surface area contributed by atoms with Crippen LogP contribution in [0, 0.1) is 20.2 Å². The Hall–Kier alpha value is -2.75. The molecule has 10 heteroatoms. The number of nitro benzene ring substituents is 2. The van der Waals surface area contributed by atoms with Crippen LogP contribution in [0.4, 0.5) is 17.1 Å². The highest BCUT2D eigenvalue weighted by atomic mass is 16.6. The minimum absolute atomic E-state index is 0.219. The van der Waals surface area contributed by atoms with Gasteiger partial charge < -0.3 is 10.4 Å². The fourth-order valence-corrected chi connectivity index (χ4v) is 1.22. The van der Waals surface area contributed by atoms with Gasteiger partial charge in [-0.1, -0.05) is 0 Å². The molecule has 0 saturated carbocycles. The third-order valence-electron chi connectivity index (χ3n) is 2.23. The number of hydrogen-bond acceptors (Lipinski definition) is 7. The lowest BCUT2D eigenvalue weighted by Gasteiger charge is -2.21. The van der Waals surface area contributed by atoms with Crippen molar-refractivity contribution in [3.63, 3.8) is 0 Å². The molecule has 1 unspecified atom stereocenters. The van der Waals surface area contributed by atoms with Crippen LogP contribution in [0.3, 0.4) is 0 Å². The number of non-ortho nitro benzene ring substituents is 1. The molecule has 0 aliphatic heterocycles. The van der Waals surface area contributed by atoms with Gasteiger partial charge in [-0.25, -0.2) is 4.79 Å². The van der Waals surface area contributed by atoms with Gasteiger partial charge in [0.1, 0.15) is 5.69 Å². The first kappa shape index (κ1) is 14.3. The summed E-state index contributed by atoms with van der Waals surface area (Å²) >= 11 is 0. The van der Waals surface area contributed by atoms with E-state index in [0.717, 1.165) is 25.1 Å². The summed E-state index contributed by atoms with van der Waals surface area (Å²) in [5.74, 6) is -1.43. The van der Waals surface area contributed by atoms with Crippen molar-refractivity contribution in [1.82, 2.24) is 0 Å². The van der Waals surface area contributed by atoms with E-state index in [1.54, 1.807) is 0 Å². The Bertz CT molecular complexity index is 556. The Morgan fingerprint density at radius 2 is 1.95 bits per heavy atom. The summed E-state index contributed by atoms with van der Waals surface area (Å²) in [6, 6.07) is 2.76. The van der Waals surface area contributed by atoms with E-state index in [2.05, 4.69) is 5.32 Å². The van der Waals surface area contributed by atoms with E-state index in [9.17, 15) is 25.0 Å². The molecular weight excluding hydrogens is 260 g/mol. The zero-order chi connectivity index (χ0) is 14.8. The summed E-state index contributed by atoms with van der Waals surface area (Å²) in [6.07, 6.45) is 0. The highest BCUT2D eigenvalue weighted by Gasteiger charge is 2.31. The zero-order valence-electron chi connectivity index (χ0n) is 9.69. The van der Waals surface area contributed by atoms with E-state index in [1.165, 1.54) is 0 Å². The fourth-order valence-electron chi connectivity index (χ4n) is 1.22.